The van der Waals surface area contributed by atoms with Gasteiger partial charge in [0.15, 0.2) is 0 Å². The zero-order valence-electron chi connectivity index (χ0n) is 30.7. The van der Waals surface area contributed by atoms with Crippen LogP contribution in [0.1, 0.15) is 84.0 Å². The van der Waals surface area contributed by atoms with Gasteiger partial charge in [-0.15, -0.1) is 0 Å². The normalized spacial score (nSPS) is 15.5. The fourth-order valence-corrected chi connectivity index (χ4v) is 6.07. The topological polar surface area (TPSA) is 177 Å². The van der Waals surface area contributed by atoms with Crippen molar-refractivity contribution < 1.29 is 60.9 Å². The van der Waals surface area contributed by atoms with E-state index in [1.165, 1.54) is 57.8 Å². The number of unbranched alkanes of at least 4 members (excludes halogenated alkanes) is 9. The minimum absolute atomic E-state index is 0.0810. The molecule has 0 aliphatic rings. The summed E-state index contributed by atoms with van der Waals surface area (Å²) in [7, 11) is 2.76. The van der Waals surface area contributed by atoms with Gasteiger partial charge in [0, 0.05) is 19.4 Å². The summed E-state index contributed by atoms with van der Waals surface area (Å²) in [5.74, 6) is 0. The Balaban J connectivity index is 0. The van der Waals surface area contributed by atoms with Crippen LogP contribution in [0.5, 0.6) is 0 Å². The van der Waals surface area contributed by atoms with Crippen molar-refractivity contribution in [2.24, 2.45) is 0 Å². The van der Waals surface area contributed by atoms with E-state index in [0.717, 1.165) is 57.0 Å². The lowest BCUT2D eigenvalue weighted by Crippen LogP contribution is -2.55. The number of nitrogens with zero attached hydrogens (tertiary/aromatic N) is 3. The van der Waals surface area contributed by atoms with E-state index in [2.05, 4.69) is 32.2 Å². The molecule has 5 N–H and O–H groups in total. The summed E-state index contributed by atoms with van der Waals surface area (Å²) in [5, 5.41) is 49.0. The molecule has 0 saturated carbocycles. The third kappa shape index (κ3) is 30.1. The molecule has 0 spiro atoms. The molecule has 0 aliphatic carbocycles. The smallest absolute Gasteiger partial charge is 0.217 e. The number of aliphatic hydroxyl groups excluding tert-OH is 5. The van der Waals surface area contributed by atoms with Gasteiger partial charge in [-0.25, -0.2) is 8.42 Å². The van der Waals surface area contributed by atoms with Gasteiger partial charge in [0.2, 0.25) is 10.4 Å². The predicted molar refractivity (Wildman–Crippen MR) is 185 cm³/mol. The van der Waals surface area contributed by atoms with Crippen LogP contribution in [0.4, 0.5) is 0 Å². The second kappa shape index (κ2) is 29.3. The van der Waals surface area contributed by atoms with E-state index in [0.29, 0.717) is 54.9 Å². The average molecular weight is 706 g/mol. The minimum Gasteiger partial charge on any atom is -0.726 e. The number of aliphatic hydroxyl groups is 5. The van der Waals surface area contributed by atoms with E-state index in [1.54, 1.807) is 0 Å². The van der Waals surface area contributed by atoms with Gasteiger partial charge in [0.25, 0.3) is 0 Å². The average Bonchev–Trinajstić information content (AvgIpc) is 2.98. The summed E-state index contributed by atoms with van der Waals surface area (Å²) in [5.41, 5.74) is 0. The predicted octanol–water partition coefficient (Wildman–Crippen LogP) is 1.47. The van der Waals surface area contributed by atoms with Gasteiger partial charge in [-0.2, -0.15) is 0 Å². The summed E-state index contributed by atoms with van der Waals surface area (Å²) in [6, 6.07) is 0. The molecular weight excluding hydrogens is 630 g/mol. The zero-order chi connectivity index (χ0) is 36.1. The summed E-state index contributed by atoms with van der Waals surface area (Å²) < 4.78 is 38.8. The second-order valence-electron chi connectivity index (χ2n) is 13.9. The number of quaternary nitrogens is 3. The van der Waals surface area contributed by atoms with E-state index in [4.69, 9.17) is 4.74 Å². The lowest BCUT2D eigenvalue weighted by molar-refractivity contribution is -0.936. The monoisotopic (exact) mass is 706 g/mol. The molecule has 0 heterocycles. The first-order valence-electron chi connectivity index (χ1n) is 17.9. The summed E-state index contributed by atoms with van der Waals surface area (Å²) in [6.07, 6.45) is 14.3. The van der Waals surface area contributed by atoms with Gasteiger partial charge in [-0.05, 0) is 6.42 Å². The first-order valence-corrected chi connectivity index (χ1v) is 19.2. The maximum Gasteiger partial charge on any atom is 0.217 e. The Morgan fingerprint density at radius 3 is 1.32 bits per heavy atom. The van der Waals surface area contributed by atoms with Crippen LogP contribution in [-0.4, -0.2) is 185 Å². The Hall–Kier alpha value is -0.490. The molecule has 0 aromatic carbocycles. The fourth-order valence-electron chi connectivity index (χ4n) is 6.07. The fraction of sp³-hybridized carbons (Fsp3) is 1.00. The SMILES string of the molecule is CCCCCCCCCCCCOCC(O)C[N+](C)(CCO)CCC[N+](C)(CCO)CCC[N+](C)(CCO)CCO.COS(=O)(=O)[O-]. The van der Waals surface area contributed by atoms with Crippen LogP contribution in [0.2, 0.25) is 0 Å². The first kappa shape index (κ1) is 48.6. The lowest BCUT2D eigenvalue weighted by Gasteiger charge is -2.39. The number of ether oxygens (including phenoxy) is 1. The highest BCUT2D eigenvalue weighted by Crippen LogP contribution is 2.14. The van der Waals surface area contributed by atoms with Crippen molar-refractivity contribution in [3.63, 3.8) is 0 Å². The third-order valence-corrected chi connectivity index (χ3v) is 9.57. The minimum atomic E-state index is -4.41. The van der Waals surface area contributed by atoms with Crippen LogP contribution in [0.15, 0.2) is 0 Å². The number of hydrogen-bond acceptors (Lipinski definition) is 10. The summed E-state index contributed by atoms with van der Waals surface area (Å²) in [4.78, 5) is 0. The zero-order valence-corrected chi connectivity index (χ0v) is 31.5. The third-order valence-electron chi connectivity index (χ3n) is 9.16. The maximum atomic E-state index is 10.7. The molecule has 0 saturated heterocycles. The standard InChI is InChI=1S/C32H72N3O6.CH4O4S/c1-5-6-7-8-9-10-11-12-13-14-29-41-31-32(40)30-35(4,24-28-39)20-16-18-33(2,21-25-36)17-15-19-34(3,22-26-37)23-27-38;1-5-6(2,3)4/h32,36-40H,5-31H2,1-4H3;1H3,(H,2,3,4)/q+3;/p-1. The number of rotatable bonds is 32. The Labute approximate surface area is 287 Å². The molecule has 0 radical (unpaired) electrons. The number of hydrogen-bond donors (Lipinski definition) is 5. The van der Waals surface area contributed by atoms with Gasteiger partial charge >= 0.3 is 0 Å². The van der Waals surface area contributed by atoms with E-state index >= 15 is 0 Å². The molecular formula is C33H75N3O10S+2. The van der Waals surface area contributed by atoms with Gasteiger partial charge in [0.1, 0.15) is 38.8 Å². The Kier molecular flexibility index (Phi) is 30.3. The molecule has 0 aliphatic heterocycles. The van der Waals surface area contributed by atoms with Crippen LogP contribution in [-0.2, 0) is 19.3 Å². The van der Waals surface area contributed by atoms with E-state index in [1.807, 2.05) is 0 Å². The molecule has 0 fully saturated rings. The Morgan fingerprint density at radius 1 is 0.596 bits per heavy atom. The summed E-state index contributed by atoms with van der Waals surface area (Å²) >= 11 is 0. The highest BCUT2D eigenvalue weighted by Gasteiger charge is 2.29. The largest absolute Gasteiger partial charge is 0.726 e. The highest BCUT2D eigenvalue weighted by atomic mass is 32.3. The van der Waals surface area contributed by atoms with Gasteiger partial charge in [-0.3, -0.25) is 4.18 Å². The second-order valence-corrected chi connectivity index (χ2v) is 15.1. The molecule has 0 rings (SSSR count). The van der Waals surface area contributed by atoms with Crippen molar-refractivity contribution in [3.8, 4) is 0 Å². The molecule has 13 nitrogen and oxygen atoms in total. The Morgan fingerprint density at radius 2 is 0.936 bits per heavy atom. The van der Waals surface area contributed by atoms with Gasteiger partial charge in [-0.1, -0.05) is 64.7 Å². The number of likely N-dealkylation sites (N-methyl/N-ethyl adjacent to an activating group) is 3. The maximum absolute atomic E-state index is 10.7. The quantitative estimate of drug-likeness (QED) is 0.0298. The van der Waals surface area contributed by atoms with Crippen LogP contribution < -0.4 is 0 Å². The molecule has 0 bridgehead atoms. The van der Waals surface area contributed by atoms with Crippen LogP contribution in [0.3, 0.4) is 0 Å². The van der Waals surface area contributed by atoms with Crippen molar-refractivity contribution in [1.29, 1.82) is 0 Å². The van der Waals surface area contributed by atoms with Crippen molar-refractivity contribution >= 4 is 10.4 Å². The van der Waals surface area contributed by atoms with E-state index < -0.39 is 16.5 Å². The van der Waals surface area contributed by atoms with Gasteiger partial charge in [0.05, 0.1) is 87.5 Å². The van der Waals surface area contributed by atoms with Crippen molar-refractivity contribution in [1.82, 2.24) is 0 Å². The molecule has 3 unspecified atom stereocenters. The molecule has 3 atom stereocenters. The molecule has 286 valence electrons. The highest BCUT2D eigenvalue weighted by molar-refractivity contribution is 7.80. The molecule has 0 aromatic rings. The van der Waals surface area contributed by atoms with E-state index in [9.17, 15) is 38.5 Å². The van der Waals surface area contributed by atoms with Crippen LogP contribution in [0.25, 0.3) is 0 Å². The van der Waals surface area contributed by atoms with Crippen molar-refractivity contribution in [2.45, 2.75) is 90.1 Å². The van der Waals surface area contributed by atoms with Crippen LogP contribution >= 0.6 is 0 Å². The van der Waals surface area contributed by atoms with Crippen molar-refractivity contribution in [2.75, 3.05) is 127 Å². The molecule has 0 aromatic heterocycles. The molecule has 14 heteroatoms. The molecule has 47 heavy (non-hydrogen) atoms. The molecule has 0 amide bonds. The first-order chi connectivity index (χ1) is 22.2. The van der Waals surface area contributed by atoms with Gasteiger partial charge < -0.3 is 48.3 Å². The summed E-state index contributed by atoms with van der Waals surface area (Å²) in [6.45, 7) is 10.4. The Bertz CT molecular complexity index is 806. The van der Waals surface area contributed by atoms with Crippen LogP contribution in [0, 0.1) is 0 Å². The van der Waals surface area contributed by atoms with Crippen molar-refractivity contribution in [3.05, 3.63) is 0 Å². The van der Waals surface area contributed by atoms with E-state index in [-0.39, 0.29) is 26.4 Å². The lowest BCUT2D eigenvalue weighted by atomic mass is 10.1.